The van der Waals surface area contributed by atoms with Gasteiger partial charge in [0, 0.05) is 12.1 Å². The van der Waals surface area contributed by atoms with Crippen molar-refractivity contribution in [2.24, 2.45) is 0 Å². The van der Waals surface area contributed by atoms with Crippen LogP contribution < -0.4 is 0 Å². The average molecular weight is 221 g/mol. The smallest absolute Gasteiger partial charge is 0.195 e. The van der Waals surface area contributed by atoms with E-state index in [1.807, 2.05) is 10.6 Å². The second-order valence-electron chi connectivity index (χ2n) is 3.14. The zero-order valence-corrected chi connectivity index (χ0v) is 9.16. The van der Waals surface area contributed by atoms with Crippen molar-refractivity contribution in [1.82, 2.24) is 25.0 Å². The fraction of sp³-hybridized carbons (Fsp3) is 0.333. The van der Waals surface area contributed by atoms with E-state index in [0.717, 1.165) is 24.4 Å². The van der Waals surface area contributed by atoms with Gasteiger partial charge in [-0.15, -0.1) is 0 Å². The molecule has 2 aromatic heterocycles. The van der Waals surface area contributed by atoms with Gasteiger partial charge in [0.1, 0.15) is 0 Å². The zero-order valence-electron chi connectivity index (χ0n) is 8.34. The number of aromatic amines is 1. The Morgan fingerprint density at radius 2 is 2.33 bits per heavy atom. The number of hydrogen-bond acceptors (Lipinski definition) is 4. The molecule has 0 saturated carbocycles. The predicted molar refractivity (Wildman–Crippen MR) is 58.7 cm³/mol. The van der Waals surface area contributed by atoms with Gasteiger partial charge in [-0.25, -0.2) is 0 Å². The Balaban J connectivity index is 2.49. The van der Waals surface area contributed by atoms with Crippen molar-refractivity contribution in [1.29, 1.82) is 0 Å². The van der Waals surface area contributed by atoms with Crippen LogP contribution in [-0.4, -0.2) is 25.0 Å². The Hall–Kier alpha value is -1.56. The van der Waals surface area contributed by atoms with Crippen molar-refractivity contribution in [3.05, 3.63) is 23.2 Å². The van der Waals surface area contributed by atoms with Gasteiger partial charge < -0.3 is 4.57 Å². The van der Waals surface area contributed by atoms with Crippen LogP contribution in [0.25, 0.3) is 11.4 Å². The average Bonchev–Trinajstić information content (AvgIpc) is 2.63. The Kier molecular flexibility index (Phi) is 2.86. The van der Waals surface area contributed by atoms with E-state index in [9.17, 15) is 0 Å². The topological polar surface area (TPSA) is 59.4 Å². The van der Waals surface area contributed by atoms with Crippen LogP contribution in [0, 0.1) is 4.77 Å². The summed E-state index contributed by atoms with van der Waals surface area (Å²) in [6, 6.07) is 1.87. The van der Waals surface area contributed by atoms with Crippen molar-refractivity contribution in [2.75, 3.05) is 0 Å². The van der Waals surface area contributed by atoms with Gasteiger partial charge in [-0.1, -0.05) is 6.92 Å². The molecular weight excluding hydrogens is 210 g/mol. The van der Waals surface area contributed by atoms with Crippen molar-refractivity contribution < 1.29 is 0 Å². The Bertz CT molecular complexity index is 487. The molecule has 2 aromatic rings. The molecule has 0 unspecified atom stereocenters. The SMILES string of the molecule is CCCn1c(-c2ccnnc2)n[nH]c1=S. The molecular formula is C9H11N5S. The number of rotatable bonds is 3. The third kappa shape index (κ3) is 1.94. The van der Waals surface area contributed by atoms with Gasteiger partial charge in [-0.05, 0) is 24.7 Å². The van der Waals surface area contributed by atoms with Crippen molar-refractivity contribution in [3.63, 3.8) is 0 Å². The molecule has 1 N–H and O–H groups in total. The Morgan fingerprint density at radius 3 is 3.00 bits per heavy atom. The van der Waals surface area contributed by atoms with E-state index in [1.54, 1.807) is 12.4 Å². The molecule has 2 heterocycles. The van der Waals surface area contributed by atoms with E-state index in [2.05, 4.69) is 27.3 Å². The highest BCUT2D eigenvalue weighted by Gasteiger charge is 2.07. The van der Waals surface area contributed by atoms with Crippen LogP contribution in [0.1, 0.15) is 13.3 Å². The molecule has 0 bridgehead atoms. The van der Waals surface area contributed by atoms with Crippen molar-refractivity contribution in [2.45, 2.75) is 19.9 Å². The van der Waals surface area contributed by atoms with Crippen LogP contribution in [0.4, 0.5) is 0 Å². The first kappa shape index (κ1) is 9.97. The van der Waals surface area contributed by atoms with Gasteiger partial charge in [0.05, 0.1) is 12.4 Å². The number of nitrogens with zero attached hydrogens (tertiary/aromatic N) is 4. The molecule has 2 rings (SSSR count). The molecule has 0 aliphatic rings. The van der Waals surface area contributed by atoms with E-state index in [-0.39, 0.29) is 0 Å². The van der Waals surface area contributed by atoms with E-state index in [4.69, 9.17) is 12.2 Å². The van der Waals surface area contributed by atoms with E-state index in [0.29, 0.717) is 4.77 Å². The highest BCUT2D eigenvalue weighted by atomic mass is 32.1. The van der Waals surface area contributed by atoms with Gasteiger partial charge in [0.25, 0.3) is 0 Å². The lowest BCUT2D eigenvalue weighted by Crippen LogP contribution is -2.00. The fourth-order valence-electron chi connectivity index (χ4n) is 1.39. The molecule has 0 aliphatic heterocycles. The van der Waals surface area contributed by atoms with Gasteiger partial charge in [0.15, 0.2) is 10.6 Å². The first-order valence-corrected chi connectivity index (χ1v) is 5.16. The molecule has 0 atom stereocenters. The first-order valence-electron chi connectivity index (χ1n) is 4.75. The van der Waals surface area contributed by atoms with Crippen LogP contribution in [0.5, 0.6) is 0 Å². The summed E-state index contributed by atoms with van der Waals surface area (Å²) in [6.07, 6.45) is 4.33. The molecule has 0 saturated heterocycles. The summed E-state index contributed by atoms with van der Waals surface area (Å²) in [5, 5.41) is 14.5. The zero-order chi connectivity index (χ0) is 10.7. The fourth-order valence-corrected chi connectivity index (χ4v) is 1.62. The highest BCUT2D eigenvalue weighted by molar-refractivity contribution is 7.71. The second kappa shape index (κ2) is 4.31. The van der Waals surface area contributed by atoms with Crippen molar-refractivity contribution in [3.8, 4) is 11.4 Å². The molecule has 0 radical (unpaired) electrons. The maximum absolute atomic E-state index is 5.15. The summed E-state index contributed by atoms with van der Waals surface area (Å²) in [6.45, 7) is 2.95. The van der Waals surface area contributed by atoms with Crippen LogP contribution in [0.3, 0.4) is 0 Å². The molecule has 0 amide bonds. The normalized spacial score (nSPS) is 10.5. The van der Waals surface area contributed by atoms with Gasteiger partial charge >= 0.3 is 0 Å². The molecule has 0 spiro atoms. The van der Waals surface area contributed by atoms with Gasteiger partial charge in [-0.2, -0.15) is 15.3 Å². The lowest BCUT2D eigenvalue weighted by molar-refractivity contribution is 0.674. The van der Waals surface area contributed by atoms with Gasteiger partial charge in [0.2, 0.25) is 0 Å². The van der Waals surface area contributed by atoms with E-state index in [1.165, 1.54) is 0 Å². The molecule has 0 aliphatic carbocycles. The molecule has 15 heavy (non-hydrogen) atoms. The van der Waals surface area contributed by atoms with Crippen LogP contribution in [0.15, 0.2) is 18.5 Å². The Morgan fingerprint density at radius 1 is 1.47 bits per heavy atom. The molecule has 78 valence electrons. The molecule has 0 aromatic carbocycles. The minimum absolute atomic E-state index is 0.642. The van der Waals surface area contributed by atoms with Crippen molar-refractivity contribution >= 4 is 12.2 Å². The predicted octanol–water partition coefficient (Wildman–Crippen LogP) is 1.81. The highest BCUT2D eigenvalue weighted by Crippen LogP contribution is 2.15. The third-order valence-electron chi connectivity index (χ3n) is 2.05. The Labute approximate surface area is 92.2 Å². The van der Waals surface area contributed by atoms with E-state index >= 15 is 0 Å². The summed E-state index contributed by atoms with van der Waals surface area (Å²) >= 11 is 5.15. The van der Waals surface area contributed by atoms with Crippen LogP contribution in [0.2, 0.25) is 0 Å². The molecule has 0 fully saturated rings. The maximum atomic E-state index is 5.15. The summed E-state index contributed by atoms with van der Waals surface area (Å²) in [7, 11) is 0. The molecule has 5 nitrogen and oxygen atoms in total. The minimum Gasteiger partial charge on any atom is -0.300 e. The number of H-pyrrole nitrogens is 1. The summed E-state index contributed by atoms with van der Waals surface area (Å²) in [5.74, 6) is 0.816. The number of hydrogen-bond donors (Lipinski definition) is 1. The lowest BCUT2D eigenvalue weighted by Gasteiger charge is -2.03. The lowest BCUT2D eigenvalue weighted by atomic mass is 10.3. The number of aromatic nitrogens is 5. The van der Waals surface area contributed by atoms with Crippen LogP contribution >= 0.6 is 12.2 Å². The second-order valence-corrected chi connectivity index (χ2v) is 3.52. The quantitative estimate of drug-likeness (QED) is 0.803. The largest absolute Gasteiger partial charge is 0.300 e. The maximum Gasteiger partial charge on any atom is 0.195 e. The van der Waals surface area contributed by atoms with E-state index < -0.39 is 0 Å². The number of nitrogens with one attached hydrogen (secondary N) is 1. The summed E-state index contributed by atoms with van der Waals surface area (Å²) in [5.41, 5.74) is 0.922. The third-order valence-corrected chi connectivity index (χ3v) is 2.36. The minimum atomic E-state index is 0.642. The monoisotopic (exact) mass is 221 g/mol. The standard InChI is InChI=1S/C9H11N5S/c1-2-5-14-8(12-13-9(14)15)7-3-4-10-11-6-7/h3-4,6H,2,5H2,1H3,(H,13,15). The first-order chi connectivity index (χ1) is 7.33. The summed E-state index contributed by atoms with van der Waals surface area (Å²) < 4.78 is 2.61. The van der Waals surface area contributed by atoms with Crippen LogP contribution in [-0.2, 0) is 6.54 Å². The molecule has 6 heteroatoms. The summed E-state index contributed by atoms with van der Waals surface area (Å²) in [4.78, 5) is 0. The van der Waals surface area contributed by atoms with Gasteiger partial charge in [-0.3, -0.25) is 5.10 Å².